The molecule has 32 heavy (non-hydrogen) atoms. The van der Waals surface area contributed by atoms with Crippen molar-refractivity contribution < 1.29 is 36.3 Å². The Balaban J connectivity index is 1.46. The molecule has 12 heteroatoms. The molecular weight excluding hydrogens is 451 g/mol. The van der Waals surface area contributed by atoms with Gasteiger partial charge in [-0.3, -0.25) is 9.69 Å². The first-order valence-corrected chi connectivity index (χ1v) is 11.9. The SMILES string of the molecule is O=C(N[C@@H]1CC[C@H]2CN(S(=O)(=O)c3cccc(C(F)(F)F)c3)C[C@H]21)C1CCCN1C(=O)O. The number of carboxylic acid groups (broad SMARTS) is 1. The van der Waals surface area contributed by atoms with Crippen LogP contribution in [0.25, 0.3) is 0 Å². The van der Waals surface area contributed by atoms with Crippen LogP contribution in [0.3, 0.4) is 0 Å². The molecule has 2 aliphatic heterocycles. The minimum absolute atomic E-state index is 0.0139. The molecule has 1 saturated carbocycles. The van der Waals surface area contributed by atoms with E-state index in [2.05, 4.69) is 5.32 Å². The molecule has 1 aromatic rings. The predicted octanol–water partition coefficient (Wildman–Crippen LogP) is 2.36. The third kappa shape index (κ3) is 4.17. The summed E-state index contributed by atoms with van der Waals surface area (Å²) in [5.41, 5.74) is -1.03. The summed E-state index contributed by atoms with van der Waals surface area (Å²) in [6, 6.07) is 2.64. The van der Waals surface area contributed by atoms with Gasteiger partial charge in [-0.15, -0.1) is 0 Å². The minimum Gasteiger partial charge on any atom is -0.465 e. The van der Waals surface area contributed by atoms with E-state index in [0.717, 1.165) is 23.1 Å². The number of rotatable bonds is 4. The number of halogens is 3. The molecule has 0 aromatic heterocycles. The van der Waals surface area contributed by atoms with Crippen molar-refractivity contribution in [2.75, 3.05) is 19.6 Å². The summed E-state index contributed by atoms with van der Waals surface area (Å²) in [5.74, 6) is -0.561. The number of amides is 2. The Kier molecular flexibility index (Phi) is 5.86. The molecular formula is C20H24F3N3O5S. The number of carbonyl (C=O) groups excluding carboxylic acids is 1. The monoisotopic (exact) mass is 475 g/mol. The van der Waals surface area contributed by atoms with Gasteiger partial charge >= 0.3 is 12.3 Å². The number of benzene rings is 1. The number of nitrogens with zero attached hydrogens (tertiary/aromatic N) is 2. The third-order valence-electron chi connectivity index (χ3n) is 6.75. The second-order valence-corrected chi connectivity index (χ2v) is 10.5. The van der Waals surface area contributed by atoms with Crippen LogP contribution < -0.4 is 5.32 Å². The first kappa shape index (κ1) is 22.8. The van der Waals surface area contributed by atoms with Gasteiger partial charge in [-0.2, -0.15) is 17.5 Å². The van der Waals surface area contributed by atoms with Crippen molar-refractivity contribution in [1.82, 2.24) is 14.5 Å². The van der Waals surface area contributed by atoms with E-state index in [1.165, 1.54) is 4.31 Å². The van der Waals surface area contributed by atoms with Crippen LogP contribution in [-0.2, 0) is 21.0 Å². The van der Waals surface area contributed by atoms with Crippen molar-refractivity contribution in [2.45, 2.75) is 48.8 Å². The highest BCUT2D eigenvalue weighted by molar-refractivity contribution is 7.89. The van der Waals surface area contributed by atoms with Crippen molar-refractivity contribution in [2.24, 2.45) is 11.8 Å². The molecule has 0 radical (unpaired) electrons. The molecule has 1 aromatic carbocycles. The average Bonchev–Trinajstić information content (AvgIpc) is 3.44. The molecule has 1 unspecified atom stereocenters. The lowest BCUT2D eigenvalue weighted by Gasteiger charge is -2.26. The summed E-state index contributed by atoms with van der Waals surface area (Å²) in [4.78, 5) is 24.7. The van der Waals surface area contributed by atoms with Gasteiger partial charge in [0.15, 0.2) is 0 Å². The first-order valence-electron chi connectivity index (χ1n) is 10.5. The van der Waals surface area contributed by atoms with Crippen LogP contribution in [0.15, 0.2) is 29.2 Å². The number of hydrogen-bond acceptors (Lipinski definition) is 4. The maximum atomic E-state index is 13.0. The van der Waals surface area contributed by atoms with Gasteiger partial charge in [-0.25, -0.2) is 13.2 Å². The van der Waals surface area contributed by atoms with E-state index in [4.69, 9.17) is 0 Å². The zero-order chi connectivity index (χ0) is 23.3. The minimum atomic E-state index is -4.65. The zero-order valence-electron chi connectivity index (χ0n) is 17.1. The van der Waals surface area contributed by atoms with Gasteiger partial charge < -0.3 is 10.4 Å². The fourth-order valence-corrected chi connectivity index (χ4v) is 6.71. The number of carbonyl (C=O) groups is 2. The van der Waals surface area contributed by atoms with E-state index in [-0.39, 0.29) is 36.9 Å². The van der Waals surface area contributed by atoms with Gasteiger partial charge in [-0.1, -0.05) is 6.07 Å². The van der Waals surface area contributed by atoms with Gasteiger partial charge in [0, 0.05) is 25.7 Å². The smallest absolute Gasteiger partial charge is 0.416 e. The Bertz CT molecular complexity index is 1020. The van der Waals surface area contributed by atoms with E-state index in [0.29, 0.717) is 38.3 Å². The molecule has 3 fully saturated rings. The van der Waals surface area contributed by atoms with Crippen LogP contribution in [0.1, 0.15) is 31.2 Å². The molecule has 2 N–H and O–H groups in total. The Morgan fingerprint density at radius 2 is 1.88 bits per heavy atom. The normalized spacial score (nSPS) is 28.7. The Morgan fingerprint density at radius 1 is 1.12 bits per heavy atom. The molecule has 0 bridgehead atoms. The zero-order valence-corrected chi connectivity index (χ0v) is 17.9. The summed E-state index contributed by atoms with van der Waals surface area (Å²) in [5, 5.41) is 12.2. The fourth-order valence-electron chi connectivity index (χ4n) is 5.13. The van der Waals surface area contributed by atoms with Gasteiger partial charge in [0.25, 0.3) is 0 Å². The summed E-state index contributed by atoms with van der Waals surface area (Å²) in [6.07, 6.45) is -3.42. The van der Waals surface area contributed by atoms with Crippen LogP contribution in [0, 0.1) is 11.8 Å². The molecule has 1 aliphatic carbocycles. The lowest BCUT2D eigenvalue weighted by molar-refractivity contribution is -0.137. The number of sulfonamides is 1. The number of hydrogen-bond donors (Lipinski definition) is 2. The second kappa shape index (κ2) is 8.22. The molecule has 2 saturated heterocycles. The van der Waals surface area contributed by atoms with Crippen molar-refractivity contribution in [3.63, 3.8) is 0 Å². The van der Waals surface area contributed by atoms with E-state index >= 15 is 0 Å². The highest BCUT2D eigenvalue weighted by Gasteiger charge is 2.48. The molecule has 3 aliphatic rings. The molecule has 0 spiro atoms. The van der Waals surface area contributed by atoms with E-state index < -0.39 is 38.8 Å². The molecule has 4 rings (SSSR count). The van der Waals surface area contributed by atoms with Gasteiger partial charge in [0.2, 0.25) is 15.9 Å². The fraction of sp³-hybridized carbons (Fsp3) is 0.600. The van der Waals surface area contributed by atoms with Crippen LogP contribution in [0.5, 0.6) is 0 Å². The van der Waals surface area contributed by atoms with E-state index in [1.54, 1.807) is 0 Å². The molecule has 2 heterocycles. The number of likely N-dealkylation sites (tertiary alicyclic amines) is 1. The van der Waals surface area contributed by atoms with Gasteiger partial charge in [0.1, 0.15) is 6.04 Å². The predicted molar refractivity (Wildman–Crippen MR) is 106 cm³/mol. The Morgan fingerprint density at radius 3 is 2.56 bits per heavy atom. The highest BCUT2D eigenvalue weighted by atomic mass is 32.2. The van der Waals surface area contributed by atoms with Crippen LogP contribution in [-0.4, -0.2) is 66.4 Å². The average molecular weight is 475 g/mol. The third-order valence-corrected chi connectivity index (χ3v) is 8.58. The number of alkyl halides is 3. The molecule has 176 valence electrons. The summed E-state index contributed by atoms with van der Waals surface area (Å²) in [7, 11) is -4.12. The second-order valence-electron chi connectivity index (χ2n) is 8.60. The highest BCUT2D eigenvalue weighted by Crippen LogP contribution is 2.41. The standard InChI is InChI=1S/C20H24F3N3O5S/c21-20(22,23)13-3-1-4-14(9-13)32(30,31)25-10-12-6-7-16(15(12)11-25)24-18(27)17-5-2-8-26(17)19(28)29/h1,3-4,9,12,15-17H,2,5-8,10-11H2,(H,24,27)(H,28,29)/t12-,15+,16+,17?/m0/s1. The topological polar surface area (TPSA) is 107 Å². The maximum absolute atomic E-state index is 13.0. The van der Waals surface area contributed by atoms with Crippen LogP contribution in [0.2, 0.25) is 0 Å². The Labute approximate surface area is 183 Å². The van der Waals surface area contributed by atoms with Crippen molar-refractivity contribution in [3.05, 3.63) is 29.8 Å². The van der Waals surface area contributed by atoms with Gasteiger partial charge in [0.05, 0.1) is 10.5 Å². The van der Waals surface area contributed by atoms with E-state index in [9.17, 15) is 36.3 Å². The lowest BCUT2D eigenvalue weighted by Crippen LogP contribution is -2.50. The Hall–Kier alpha value is -2.34. The largest absolute Gasteiger partial charge is 0.465 e. The van der Waals surface area contributed by atoms with Crippen molar-refractivity contribution >= 4 is 22.0 Å². The number of fused-ring (bicyclic) bond motifs is 1. The van der Waals surface area contributed by atoms with Crippen molar-refractivity contribution in [3.8, 4) is 0 Å². The van der Waals surface area contributed by atoms with Crippen molar-refractivity contribution in [1.29, 1.82) is 0 Å². The summed E-state index contributed by atoms with van der Waals surface area (Å²) < 4.78 is 66.2. The molecule has 8 nitrogen and oxygen atoms in total. The van der Waals surface area contributed by atoms with Crippen LogP contribution >= 0.6 is 0 Å². The maximum Gasteiger partial charge on any atom is 0.416 e. The van der Waals surface area contributed by atoms with Crippen LogP contribution in [0.4, 0.5) is 18.0 Å². The summed E-state index contributed by atoms with van der Waals surface area (Å²) >= 11 is 0. The quantitative estimate of drug-likeness (QED) is 0.695. The molecule has 2 amide bonds. The molecule has 4 atom stereocenters. The first-order chi connectivity index (χ1) is 15.0. The van der Waals surface area contributed by atoms with Gasteiger partial charge in [-0.05, 0) is 55.7 Å². The lowest BCUT2D eigenvalue weighted by atomic mass is 9.97. The summed E-state index contributed by atoms with van der Waals surface area (Å²) in [6.45, 7) is 0.578. The van der Waals surface area contributed by atoms with E-state index in [1.807, 2.05) is 0 Å². The number of nitrogens with one attached hydrogen (secondary N) is 1.